The zero-order valence-corrected chi connectivity index (χ0v) is 12.7. The number of rotatable bonds is 8. The largest absolute Gasteiger partial charge is 0.490 e. The fourth-order valence-electron chi connectivity index (χ4n) is 1.51. The minimum atomic E-state index is -3.67. The van der Waals surface area contributed by atoms with Crippen molar-refractivity contribution in [2.45, 2.75) is 31.8 Å². The summed E-state index contributed by atoms with van der Waals surface area (Å²) in [6.07, 6.45) is -0.751. The first-order chi connectivity index (χ1) is 9.40. The van der Waals surface area contributed by atoms with Crippen LogP contribution in [0.25, 0.3) is 0 Å². The molecule has 2 N–H and O–H groups in total. The van der Waals surface area contributed by atoms with E-state index >= 15 is 0 Å². The Morgan fingerprint density at radius 1 is 1.20 bits per heavy atom. The number of benzene rings is 1. The molecule has 0 saturated carbocycles. The summed E-state index contributed by atoms with van der Waals surface area (Å²) in [6, 6.07) is 4.42. The average Bonchev–Trinajstić information content (AvgIpc) is 2.39. The molecule has 1 aromatic rings. The summed E-state index contributed by atoms with van der Waals surface area (Å²) < 4.78 is 37.2. The summed E-state index contributed by atoms with van der Waals surface area (Å²) in [5, 5.41) is 9.14. The van der Waals surface area contributed by atoms with Gasteiger partial charge in [-0.15, -0.1) is 0 Å². The van der Waals surface area contributed by atoms with Crippen LogP contribution in [-0.2, 0) is 10.0 Å². The van der Waals surface area contributed by atoms with E-state index in [1.54, 1.807) is 6.07 Å². The average molecular weight is 303 g/mol. The van der Waals surface area contributed by atoms with E-state index in [-0.39, 0.29) is 11.4 Å². The van der Waals surface area contributed by atoms with Crippen molar-refractivity contribution in [3.8, 4) is 11.5 Å². The third kappa shape index (κ3) is 4.66. The van der Waals surface area contributed by atoms with Gasteiger partial charge in [-0.1, -0.05) is 0 Å². The third-order valence-corrected chi connectivity index (χ3v) is 3.82. The molecule has 1 rings (SSSR count). The van der Waals surface area contributed by atoms with Crippen LogP contribution in [0.5, 0.6) is 11.5 Å². The first-order valence-electron chi connectivity index (χ1n) is 6.48. The molecular weight excluding hydrogens is 282 g/mol. The Morgan fingerprint density at radius 3 is 2.35 bits per heavy atom. The van der Waals surface area contributed by atoms with E-state index < -0.39 is 16.1 Å². The van der Waals surface area contributed by atoms with Crippen LogP contribution in [0.4, 0.5) is 0 Å². The molecule has 1 aromatic carbocycles. The van der Waals surface area contributed by atoms with E-state index in [0.29, 0.717) is 24.7 Å². The molecule has 0 aliphatic rings. The molecular formula is C13H21NO5S. The van der Waals surface area contributed by atoms with Crippen molar-refractivity contribution in [2.24, 2.45) is 0 Å². The molecule has 0 aliphatic heterocycles. The number of aliphatic hydroxyl groups is 1. The summed E-state index contributed by atoms with van der Waals surface area (Å²) in [4.78, 5) is 0.0741. The molecule has 0 aliphatic carbocycles. The van der Waals surface area contributed by atoms with Gasteiger partial charge in [-0.05, 0) is 32.9 Å². The van der Waals surface area contributed by atoms with Crippen molar-refractivity contribution in [1.82, 2.24) is 4.72 Å². The lowest BCUT2D eigenvalue weighted by Crippen LogP contribution is -2.30. The molecule has 0 amide bonds. The highest BCUT2D eigenvalue weighted by molar-refractivity contribution is 7.89. The van der Waals surface area contributed by atoms with E-state index in [4.69, 9.17) is 14.6 Å². The molecule has 6 nitrogen and oxygen atoms in total. The summed E-state index contributed by atoms with van der Waals surface area (Å²) in [6.45, 7) is 5.98. The lowest BCUT2D eigenvalue weighted by atomic mass is 10.3. The number of hydrogen-bond acceptors (Lipinski definition) is 5. The smallest absolute Gasteiger partial charge is 0.240 e. The number of nitrogens with one attached hydrogen (secondary N) is 1. The topological polar surface area (TPSA) is 84.9 Å². The lowest BCUT2D eigenvalue weighted by molar-refractivity contribution is 0.198. The second-order valence-electron chi connectivity index (χ2n) is 4.18. The second-order valence-corrected chi connectivity index (χ2v) is 5.94. The van der Waals surface area contributed by atoms with Gasteiger partial charge < -0.3 is 14.6 Å². The van der Waals surface area contributed by atoms with E-state index in [9.17, 15) is 8.42 Å². The normalized spacial score (nSPS) is 13.0. The van der Waals surface area contributed by atoms with Gasteiger partial charge in [-0.3, -0.25) is 0 Å². The Bertz CT molecular complexity index is 528. The zero-order valence-electron chi connectivity index (χ0n) is 11.9. The Kier molecular flexibility index (Phi) is 6.25. The standard InChI is InChI=1S/C13H21NO5S/c1-4-18-12-7-6-11(8-13(12)19-5-2)20(16,17)14-9-10(3)15/h6-8,10,14-15H,4-5,9H2,1-3H3. The molecule has 0 fully saturated rings. The van der Waals surface area contributed by atoms with Gasteiger partial charge >= 0.3 is 0 Å². The SMILES string of the molecule is CCOc1ccc(S(=O)(=O)NCC(C)O)cc1OCC. The van der Waals surface area contributed by atoms with Crippen LogP contribution in [0.1, 0.15) is 20.8 Å². The van der Waals surface area contributed by atoms with Gasteiger partial charge in [0.05, 0.1) is 24.2 Å². The number of aliphatic hydroxyl groups excluding tert-OH is 1. The molecule has 0 aromatic heterocycles. The van der Waals surface area contributed by atoms with Crippen LogP contribution in [0.15, 0.2) is 23.1 Å². The Hall–Kier alpha value is -1.31. The predicted molar refractivity (Wildman–Crippen MR) is 75.6 cm³/mol. The second kappa shape index (κ2) is 7.47. The van der Waals surface area contributed by atoms with Gasteiger partial charge in [0.1, 0.15) is 0 Å². The van der Waals surface area contributed by atoms with Crippen LogP contribution in [-0.4, -0.2) is 39.4 Å². The van der Waals surface area contributed by atoms with Crippen LogP contribution < -0.4 is 14.2 Å². The lowest BCUT2D eigenvalue weighted by Gasteiger charge is -2.13. The summed E-state index contributed by atoms with van der Waals surface area (Å²) in [5.74, 6) is 0.887. The molecule has 114 valence electrons. The Morgan fingerprint density at radius 2 is 1.80 bits per heavy atom. The number of sulfonamides is 1. The fourth-order valence-corrected chi connectivity index (χ4v) is 2.65. The molecule has 1 atom stereocenters. The van der Waals surface area contributed by atoms with E-state index in [0.717, 1.165) is 0 Å². The fraction of sp³-hybridized carbons (Fsp3) is 0.538. The van der Waals surface area contributed by atoms with Crippen molar-refractivity contribution in [1.29, 1.82) is 0 Å². The van der Waals surface area contributed by atoms with Crippen molar-refractivity contribution in [2.75, 3.05) is 19.8 Å². The summed E-state index contributed by atoms with van der Waals surface area (Å²) >= 11 is 0. The zero-order chi connectivity index (χ0) is 15.2. The molecule has 0 heterocycles. The highest BCUT2D eigenvalue weighted by Crippen LogP contribution is 2.30. The van der Waals surface area contributed by atoms with E-state index in [1.807, 2.05) is 13.8 Å². The van der Waals surface area contributed by atoms with E-state index in [2.05, 4.69) is 4.72 Å². The molecule has 0 saturated heterocycles. The van der Waals surface area contributed by atoms with Crippen LogP contribution in [0.3, 0.4) is 0 Å². The minimum Gasteiger partial charge on any atom is -0.490 e. The molecule has 0 radical (unpaired) electrons. The quantitative estimate of drug-likeness (QED) is 0.752. The van der Waals surface area contributed by atoms with Crippen LogP contribution >= 0.6 is 0 Å². The van der Waals surface area contributed by atoms with Crippen molar-refractivity contribution < 1.29 is 23.0 Å². The van der Waals surface area contributed by atoms with Gasteiger partial charge in [0, 0.05) is 12.6 Å². The van der Waals surface area contributed by atoms with Gasteiger partial charge in [0.15, 0.2) is 11.5 Å². The molecule has 7 heteroatoms. The maximum absolute atomic E-state index is 12.0. The number of ether oxygens (including phenoxy) is 2. The van der Waals surface area contributed by atoms with Crippen molar-refractivity contribution in [3.05, 3.63) is 18.2 Å². The van der Waals surface area contributed by atoms with Crippen LogP contribution in [0, 0.1) is 0 Å². The van der Waals surface area contributed by atoms with Crippen LogP contribution in [0.2, 0.25) is 0 Å². The highest BCUT2D eigenvalue weighted by atomic mass is 32.2. The number of hydrogen-bond donors (Lipinski definition) is 2. The summed E-state index contributed by atoms with van der Waals surface area (Å²) in [7, 11) is -3.67. The van der Waals surface area contributed by atoms with Gasteiger partial charge in [0.25, 0.3) is 0 Å². The molecule has 0 bridgehead atoms. The van der Waals surface area contributed by atoms with Crippen molar-refractivity contribution >= 4 is 10.0 Å². The Balaban J connectivity index is 3.03. The summed E-state index contributed by atoms with van der Waals surface area (Å²) in [5.41, 5.74) is 0. The predicted octanol–water partition coefficient (Wildman–Crippen LogP) is 1.14. The highest BCUT2D eigenvalue weighted by Gasteiger charge is 2.17. The Labute approximate surface area is 119 Å². The molecule has 0 spiro atoms. The monoisotopic (exact) mass is 303 g/mol. The maximum atomic E-state index is 12.0. The van der Waals surface area contributed by atoms with Gasteiger partial charge in [0.2, 0.25) is 10.0 Å². The van der Waals surface area contributed by atoms with Gasteiger partial charge in [-0.25, -0.2) is 13.1 Å². The molecule has 1 unspecified atom stereocenters. The third-order valence-electron chi connectivity index (χ3n) is 2.39. The van der Waals surface area contributed by atoms with E-state index in [1.165, 1.54) is 19.1 Å². The molecule has 20 heavy (non-hydrogen) atoms. The first-order valence-corrected chi connectivity index (χ1v) is 7.96. The minimum absolute atomic E-state index is 0.0421. The van der Waals surface area contributed by atoms with Gasteiger partial charge in [-0.2, -0.15) is 0 Å². The van der Waals surface area contributed by atoms with Crippen molar-refractivity contribution in [3.63, 3.8) is 0 Å². The maximum Gasteiger partial charge on any atom is 0.240 e. The first kappa shape index (κ1) is 16.7.